The van der Waals surface area contributed by atoms with Crippen LogP contribution in [0.15, 0.2) is 35.3 Å². The summed E-state index contributed by atoms with van der Waals surface area (Å²) >= 11 is 6.34. The molecule has 0 aliphatic carbocycles. The number of nitrogens with zero attached hydrogens (tertiary/aromatic N) is 1. The molecule has 18 heavy (non-hydrogen) atoms. The van der Waals surface area contributed by atoms with Crippen LogP contribution in [-0.4, -0.2) is 19.0 Å². The van der Waals surface area contributed by atoms with Gasteiger partial charge in [0.25, 0.3) is 0 Å². The summed E-state index contributed by atoms with van der Waals surface area (Å²) in [5.74, 6) is 0.797. The lowest BCUT2D eigenvalue weighted by molar-refractivity contribution is 0.959. The second-order valence-electron chi connectivity index (χ2n) is 4.38. The van der Waals surface area contributed by atoms with Crippen molar-refractivity contribution >= 4 is 34.0 Å². The number of aryl methyl sites for hydroxylation is 1. The van der Waals surface area contributed by atoms with Crippen molar-refractivity contribution in [2.45, 2.75) is 6.92 Å². The van der Waals surface area contributed by atoms with Crippen LogP contribution in [0.25, 0.3) is 10.8 Å². The molecule has 0 unspecified atom stereocenters. The van der Waals surface area contributed by atoms with Gasteiger partial charge < -0.3 is 10.6 Å². The van der Waals surface area contributed by atoms with Gasteiger partial charge in [0.05, 0.1) is 17.3 Å². The highest BCUT2D eigenvalue weighted by Crippen LogP contribution is 2.33. The van der Waals surface area contributed by atoms with Crippen LogP contribution in [0.3, 0.4) is 0 Å². The van der Waals surface area contributed by atoms with Gasteiger partial charge in [0, 0.05) is 11.9 Å². The summed E-state index contributed by atoms with van der Waals surface area (Å²) in [5, 5.41) is 9.54. The van der Waals surface area contributed by atoms with E-state index in [-0.39, 0.29) is 0 Å². The van der Waals surface area contributed by atoms with Gasteiger partial charge >= 0.3 is 0 Å². The molecule has 92 valence electrons. The first-order valence-electron chi connectivity index (χ1n) is 5.99. The SMILES string of the molecule is Cc1cc(Cl)c(NC2=NCCN2)c2ccccc12. The standard InChI is InChI=1S/C14H14ClN3/c1-9-8-12(15)13(18-14-16-6-7-17-14)11-5-3-2-4-10(9)11/h2-5,8H,6-7H2,1H3,(H2,16,17,18). The lowest BCUT2D eigenvalue weighted by Crippen LogP contribution is -2.26. The van der Waals surface area contributed by atoms with Crippen LogP contribution in [0, 0.1) is 6.92 Å². The third kappa shape index (κ3) is 1.91. The van der Waals surface area contributed by atoms with E-state index >= 15 is 0 Å². The van der Waals surface area contributed by atoms with Crippen molar-refractivity contribution in [3.8, 4) is 0 Å². The molecule has 0 aromatic heterocycles. The molecule has 0 amide bonds. The van der Waals surface area contributed by atoms with E-state index in [4.69, 9.17) is 11.6 Å². The van der Waals surface area contributed by atoms with E-state index in [2.05, 4.69) is 34.7 Å². The lowest BCUT2D eigenvalue weighted by Gasteiger charge is -2.13. The van der Waals surface area contributed by atoms with Gasteiger partial charge in [-0.3, -0.25) is 4.99 Å². The molecule has 3 rings (SSSR count). The summed E-state index contributed by atoms with van der Waals surface area (Å²) in [4.78, 5) is 4.34. The molecule has 0 radical (unpaired) electrons. The van der Waals surface area contributed by atoms with Crippen LogP contribution in [0.4, 0.5) is 5.69 Å². The molecule has 0 spiro atoms. The molecule has 1 heterocycles. The second-order valence-corrected chi connectivity index (χ2v) is 4.79. The minimum Gasteiger partial charge on any atom is -0.354 e. The van der Waals surface area contributed by atoms with Gasteiger partial charge in [0.15, 0.2) is 5.96 Å². The molecule has 0 bridgehead atoms. The average molecular weight is 260 g/mol. The fraction of sp³-hybridized carbons (Fsp3) is 0.214. The molecule has 2 aromatic rings. The van der Waals surface area contributed by atoms with Crippen molar-refractivity contribution in [3.63, 3.8) is 0 Å². The van der Waals surface area contributed by atoms with Crippen molar-refractivity contribution in [2.24, 2.45) is 4.99 Å². The zero-order valence-electron chi connectivity index (χ0n) is 10.1. The first-order chi connectivity index (χ1) is 8.75. The molecular weight excluding hydrogens is 246 g/mol. The van der Waals surface area contributed by atoms with Crippen molar-refractivity contribution in [2.75, 3.05) is 18.4 Å². The number of benzene rings is 2. The van der Waals surface area contributed by atoms with E-state index in [0.29, 0.717) is 0 Å². The summed E-state index contributed by atoms with van der Waals surface area (Å²) < 4.78 is 0. The van der Waals surface area contributed by atoms with E-state index in [9.17, 15) is 0 Å². The molecule has 4 heteroatoms. The largest absolute Gasteiger partial charge is 0.354 e. The van der Waals surface area contributed by atoms with Crippen LogP contribution in [0.2, 0.25) is 5.02 Å². The van der Waals surface area contributed by atoms with E-state index in [1.54, 1.807) is 0 Å². The van der Waals surface area contributed by atoms with E-state index in [0.717, 1.165) is 35.1 Å². The third-order valence-corrected chi connectivity index (χ3v) is 3.42. The number of halogens is 1. The first kappa shape index (κ1) is 11.4. The lowest BCUT2D eigenvalue weighted by atomic mass is 10.0. The van der Waals surface area contributed by atoms with Crippen molar-refractivity contribution in [1.82, 2.24) is 5.32 Å². The number of aliphatic imine (C=N–C) groups is 1. The molecule has 2 aromatic carbocycles. The summed E-state index contributed by atoms with van der Waals surface area (Å²) in [6.45, 7) is 3.76. The maximum atomic E-state index is 6.34. The van der Waals surface area contributed by atoms with Gasteiger partial charge in [-0.2, -0.15) is 0 Å². The van der Waals surface area contributed by atoms with Crippen LogP contribution in [-0.2, 0) is 0 Å². The van der Waals surface area contributed by atoms with Crippen LogP contribution < -0.4 is 10.6 Å². The van der Waals surface area contributed by atoms with Crippen molar-refractivity contribution in [3.05, 3.63) is 40.9 Å². The van der Waals surface area contributed by atoms with Gasteiger partial charge in [-0.1, -0.05) is 35.9 Å². The number of guanidine groups is 1. The maximum absolute atomic E-state index is 6.34. The Morgan fingerprint density at radius 2 is 2.06 bits per heavy atom. The molecule has 0 fully saturated rings. The maximum Gasteiger partial charge on any atom is 0.195 e. The molecule has 1 aliphatic rings. The summed E-state index contributed by atoms with van der Waals surface area (Å²) in [7, 11) is 0. The minimum absolute atomic E-state index is 0.725. The zero-order valence-corrected chi connectivity index (χ0v) is 10.9. The second kappa shape index (κ2) is 4.50. The van der Waals surface area contributed by atoms with Crippen molar-refractivity contribution in [1.29, 1.82) is 0 Å². The number of nitrogens with one attached hydrogen (secondary N) is 2. The Hall–Kier alpha value is -1.74. The highest BCUT2D eigenvalue weighted by molar-refractivity contribution is 6.35. The molecule has 2 N–H and O–H groups in total. The first-order valence-corrected chi connectivity index (χ1v) is 6.37. The summed E-state index contributed by atoms with van der Waals surface area (Å²) in [6.07, 6.45) is 0. The van der Waals surface area contributed by atoms with Gasteiger partial charge in [-0.05, 0) is 23.9 Å². The summed E-state index contributed by atoms with van der Waals surface area (Å²) in [5.41, 5.74) is 2.11. The Balaban J connectivity index is 2.15. The summed E-state index contributed by atoms with van der Waals surface area (Å²) in [6, 6.07) is 10.2. The Morgan fingerprint density at radius 3 is 2.78 bits per heavy atom. The fourth-order valence-corrected chi connectivity index (χ4v) is 2.55. The van der Waals surface area contributed by atoms with Crippen LogP contribution in [0.5, 0.6) is 0 Å². The Morgan fingerprint density at radius 1 is 1.28 bits per heavy atom. The number of hydrogen-bond donors (Lipinski definition) is 2. The number of hydrogen-bond acceptors (Lipinski definition) is 3. The number of fused-ring (bicyclic) bond motifs is 1. The molecule has 0 atom stereocenters. The number of rotatable bonds is 1. The molecule has 0 saturated heterocycles. The van der Waals surface area contributed by atoms with Crippen molar-refractivity contribution < 1.29 is 0 Å². The molecule has 0 saturated carbocycles. The van der Waals surface area contributed by atoms with Crippen LogP contribution >= 0.6 is 11.6 Å². The topological polar surface area (TPSA) is 36.4 Å². The van der Waals surface area contributed by atoms with Gasteiger partial charge in [0.1, 0.15) is 0 Å². The monoisotopic (exact) mass is 259 g/mol. The Labute approximate surface area is 111 Å². The van der Waals surface area contributed by atoms with E-state index in [1.807, 2.05) is 18.2 Å². The predicted molar refractivity (Wildman–Crippen MR) is 77.6 cm³/mol. The van der Waals surface area contributed by atoms with Gasteiger partial charge in [-0.15, -0.1) is 0 Å². The molecular formula is C14H14ClN3. The molecule has 1 aliphatic heterocycles. The van der Waals surface area contributed by atoms with Gasteiger partial charge in [-0.25, -0.2) is 0 Å². The van der Waals surface area contributed by atoms with E-state index in [1.165, 1.54) is 10.9 Å². The minimum atomic E-state index is 0.725. The number of anilines is 1. The van der Waals surface area contributed by atoms with Crippen LogP contribution in [0.1, 0.15) is 5.56 Å². The highest BCUT2D eigenvalue weighted by Gasteiger charge is 2.12. The fourth-order valence-electron chi connectivity index (χ4n) is 2.24. The highest BCUT2D eigenvalue weighted by atomic mass is 35.5. The average Bonchev–Trinajstić information content (AvgIpc) is 2.87. The quantitative estimate of drug-likeness (QED) is 0.825. The Kier molecular flexibility index (Phi) is 2.84. The van der Waals surface area contributed by atoms with E-state index < -0.39 is 0 Å². The van der Waals surface area contributed by atoms with Gasteiger partial charge in [0.2, 0.25) is 0 Å². The zero-order chi connectivity index (χ0) is 12.5. The Bertz CT molecular complexity index is 634. The smallest absolute Gasteiger partial charge is 0.195 e. The predicted octanol–water partition coefficient (Wildman–Crippen LogP) is 3.17. The molecule has 3 nitrogen and oxygen atoms in total. The normalized spacial score (nSPS) is 14.4. The third-order valence-electron chi connectivity index (χ3n) is 3.12.